The Hall–Kier alpha value is -3.88. The van der Waals surface area contributed by atoms with Gasteiger partial charge in [0.2, 0.25) is 5.88 Å². The van der Waals surface area contributed by atoms with Crippen LogP contribution in [0.1, 0.15) is 21.6 Å². The summed E-state index contributed by atoms with van der Waals surface area (Å²) in [6.07, 6.45) is 0. The molecule has 0 saturated carbocycles. The van der Waals surface area contributed by atoms with Gasteiger partial charge in [0.1, 0.15) is 17.3 Å². The Labute approximate surface area is 219 Å². The molecule has 0 unspecified atom stereocenters. The summed E-state index contributed by atoms with van der Waals surface area (Å²) in [7, 11) is 3.13. The van der Waals surface area contributed by atoms with Crippen LogP contribution in [0.25, 0.3) is 5.69 Å². The van der Waals surface area contributed by atoms with Gasteiger partial charge in [-0.2, -0.15) is 5.10 Å². The van der Waals surface area contributed by atoms with E-state index in [-0.39, 0.29) is 12.5 Å². The largest absolute Gasteiger partial charge is 0.497 e. The van der Waals surface area contributed by atoms with E-state index in [1.165, 1.54) is 12.1 Å². The molecule has 7 nitrogen and oxygen atoms in total. The first-order valence-corrected chi connectivity index (χ1v) is 12.0. The zero-order chi connectivity index (χ0) is 26.4. The van der Waals surface area contributed by atoms with Gasteiger partial charge in [0.05, 0.1) is 37.2 Å². The van der Waals surface area contributed by atoms with Crippen molar-refractivity contribution in [2.75, 3.05) is 27.4 Å². The van der Waals surface area contributed by atoms with Gasteiger partial charge in [0, 0.05) is 30.3 Å². The Morgan fingerprint density at radius 3 is 2.46 bits per heavy atom. The molecule has 0 bridgehead atoms. The highest BCUT2D eigenvalue weighted by atomic mass is 35.5. The third-order valence-electron chi connectivity index (χ3n) is 5.74. The van der Waals surface area contributed by atoms with Crippen LogP contribution in [-0.4, -0.2) is 48.0 Å². The molecule has 3 aromatic carbocycles. The molecule has 0 saturated heterocycles. The van der Waals surface area contributed by atoms with Crippen molar-refractivity contribution < 1.29 is 23.4 Å². The lowest BCUT2D eigenvalue weighted by Gasteiger charge is -2.23. The van der Waals surface area contributed by atoms with Crippen LogP contribution in [0.2, 0.25) is 5.02 Å². The molecule has 192 valence electrons. The first-order valence-electron chi connectivity index (χ1n) is 11.6. The fourth-order valence-electron chi connectivity index (χ4n) is 3.81. The van der Waals surface area contributed by atoms with Gasteiger partial charge in [0.15, 0.2) is 0 Å². The number of methoxy groups -OCH3 is 2. The second-order valence-electron chi connectivity index (χ2n) is 8.27. The highest BCUT2D eigenvalue weighted by Gasteiger charge is 2.25. The highest BCUT2D eigenvalue weighted by molar-refractivity contribution is 6.30. The van der Waals surface area contributed by atoms with Crippen molar-refractivity contribution in [3.05, 3.63) is 100 Å². The zero-order valence-electron chi connectivity index (χ0n) is 20.8. The van der Waals surface area contributed by atoms with E-state index in [1.54, 1.807) is 84.5 Å². The van der Waals surface area contributed by atoms with Gasteiger partial charge >= 0.3 is 0 Å². The van der Waals surface area contributed by atoms with Gasteiger partial charge in [-0.1, -0.05) is 23.7 Å². The van der Waals surface area contributed by atoms with Crippen molar-refractivity contribution in [2.24, 2.45) is 0 Å². The molecule has 37 heavy (non-hydrogen) atoms. The Bertz CT molecular complexity index is 1370. The molecule has 4 rings (SSSR count). The van der Waals surface area contributed by atoms with Crippen molar-refractivity contribution in [3.63, 3.8) is 0 Å². The molecule has 0 aliphatic rings. The average Bonchev–Trinajstić information content (AvgIpc) is 3.20. The number of hydrogen-bond acceptors (Lipinski definition) is 5. The summed E-state index contributed by atoms with van der Waals surface area (Å²) < 4.78 is 32.3. The monoisotopic (exact) mass is 523 g/mol. The number of carbonyl (C=O) groups is 1. The molecule has 0 spiro atoms. The second kappa shape index (κ2) is 11.9. The number of aromatic nitrogens is 2. The minimum absolute atomic E-state index is 0.184. The molecule has 1 amide bonds. The first-order chi connectivity index (χ1) is 17.9. The molecule has 1 aromatic heterocycles. The van der Waals surface area contributed by atoms with E-state index >= 15 is 0 Å². The fourth-order valence-corrected chi connectivity index (χ4v) is 3.93. The maximum absolute atomic E-state index is 14.0. The van der Waals surface area contributed by atoms with Gasteiger partial charge in [-0.05, 0) is 61.5 Å². The molecule has 9 heteroatoms. The average molecular weight is 524 g/mol. The van der Waals surface area contributed by atoms with Crippen LogP contribution in [-0.2, 0) is 11.3 Å². The minimum Gasteiger partial charge on any atom is -0.497 e. The number of amides is 1. The molecule has 4 aromatic rings. The van der Waals surface area contributed by atoms with Gasteiger partial charge in [-0.15, -0.1) is 0 Å². The number of rotatable bonds is 10. The first kappa shape index (κ1) is 26.2. The van der Waals surface area contributed by atoms with Crippen LogP contribution in [0.5, 0.6) is 17.4 Å². The van der Waals surface area contributed by atoms with E-state index in [4.69, 9.17) is 25.8 Å². The van der Waals surface area contributed by atoms with E-state index in [9.17, 15) is 9.18 Å². The summed E-state index contributed by atoms with van der Waals surface area (Å²) in [5.74, 6) is 0.624. The molecule has 0 fully saturated rings. The van der Waals surface area contributed by atoms with Gasteiger partial charge in [0.25, 0.3) is 5.91 Å². The zero-order valence-corrected chi connectivity index (χ0v) is 21.5. The lowest BCUT2D eigenvalue weighted by atomic mass is 10.1. The van der Waals surface area contributed by atoms with E-state index in [0.29, 0.717) is 58.1 Å². The van der Waals surface area contributed by atoms with Crippen molar-refractivity contribution in [3.8, 4) is 23.1 Å². The van der Waals surface area contributed by atoms with Crippen LogP contribution in [0.3, 0.4) is 0 Å². The topological polar surface area (TPSA) is 65.8 Å². The Kier molecular flexibility index (Phi) is 8.43. The lowest BCUT2D eigenvalue weighted by Crippen LogP contribution is -2.33. The summed E-state index contributed by atoms with van der Waals surface area (Å²) in [5.41, 5.74) is 2.51. The predicted molar refractivity (Wildman–Crippen MR) is 139 cm³/mol. The number of hydrogen-bond donors (Lipinski definition) is 0. The Morgan fingerprint density at radius 1 is 1.03 bits per heavy atom. The molecule has 0 atom stereocenters. The van der Waals surface area contributed by atoms with Crippen molar-refractivity contribution >= 4 is 17.5 Å². The van der Waals surface area contributed by atoms with E-state index in [0.717, 1.165) is 0 Å². The van der Waals surface area contributed by atoms with Crippen LogP contribution in [0, 0.1) is 12.7 Å². The van der Waals surface area contributed by atoms with Crippen LogP contribution in [0.15, 0.2) is 72.8 Å². The summed E-state index contributed by atoms with van der Waals surface area (Å²) in [6, 6.07) is 19.9. The maximum Gasteiger partial charge on any atom is 0.254 e. The Morgan fingerprint density at radius 2 is 1.76 bits per heavy atom. The number of carbonyl (C=O) groups excluding carboxylic acids is 1. The predicted octanol–water partition coefficient (Wildman–Crippen LogP) is 6.06. The molecule has 0 aliphatic carbocycles. The number of ether oxygens (including phenoxy) is 3. The molecule has 1 heterocycles. The molecule has 0 aliphatic heterocycles. The standard InChI is InChI=1S/C28H27ClFN3O4/c1-19-26(18-32(14-15-35-2)27(34)20-6-4-8-24(16-20)36-3)28(37-25-9-5-7-22(30)17-25)33(31-19)23-12-10-21(29)11-13-23/h4-13,16-17H,14-15,18H2,1-3H3. The molecular formula is C28H27ClFN3O4. The summed E-state index contributed by atoms with van der Waals surface area (Å²) in [4.78, 5) is 15.2. The molecule has 0 N–H and O–H groups in total. The third kappa shape index (κ3) is 6.28. The van der Waals surface area contributed by atoms with Crippen LogP contribution < -0.4 is 9.47 Å². The van der Waals surface area contributed by atoms with E-state index in [1.807, 2.05) is 6.92 Å². The maximum atomic E-state index is 14.0. The minimum atomic E-state index is -0.428. The van der Waals surface area contributed by atoms with Gasteiger partial charge < -0.3 is 19.1 Å². The van der Waals surface area contributed by atoms with Gasteiger partial charge in [-0.3, -0.25) is 4.79 Å². The van der Waals surface area contributed by atoms with Crippen molar-refractivity contribution in [2.45, 2.75) is 13.5 Å². The summed E-state index contributed by atoms with van der Waals surface area (Å²) >= 11 is 6.09. The van der Waals surface area contributed by atoms with Crippen molar-refractivity contribution in [1.82, 2.24) is 14.7 Å². The number of benzene rings is 3. The van der Waals surface area contributed by atoms with E-state index in [2.05, 4.69) is 5.10 Å². The molecule has 0 radical (unpaired) electrons. The number of nitrogens with zero attached hydrogens (tertiary/aromatic N) is 3. The second-order valence-corrected chi connectivity index (χ2v) is 8.70. The smallest absolute Gasteiger partial charge is 0.254 e. The number of halogens is 2. The molecular weight excluding hydrogens is 497 g/mol. The normalized spacial score (nSPS) is 10.8. The quantitative estimate of drug-likeness (QED) is 0.253. The summed E-state index contributed by atoms with van der Waals surface area (Å²) in [5, 5.41) is 5.27. The van der Waals surface area contributed by atoms with Crippen molar-refractivity contribution in [1.29, 1.82) is 0 Å². The SMILES string of the molecule is COCCN(Cc1c(C)nn(-c2ccc(Cl)cc2)c1Oc1cccc(F)c1)C(=O)c1cccc(OC)c1. The fraction of sp³-hybridized carbons (Fsp3) is 0.214. The van der Waals surface area contributed by atoms with Crippen LogP contribution >= 0.6 is 11.6 Å². The third-order valence-corrected chi connectivity index (χ3v) is 5.99. The van der Waals surface area contributed by atoms with E-state index < -0.39 is 5.82 Å². The Balaban J connectivity index is 1.76. The number of aryl methyl sites for hydroxylation is 1. The summed E-state index contributed by atoms with van der Waals surface area (Å²) in [6.45, 7) is 2.69. The van der Waals surface area contributed by atoms with Gasteiger partial charge in [-0.25, -0.2) is 9.07 Å². The highest BCUT2D eigenvalue weighted by Crippen LogP contribution is 2.32. The van der Waals surface area contributed by atoms with Crippen LogP contribution in [0.4, 0.5) is 4.39 Å². The lowest BCUT2D eigenvalue weighted by molar-refractivity contribution is 0.0678.